The largest absolute Gasteiger partial charge is 0.460 e. The van der Waals surface area contributed by atoms with E-state index in [0.717, 1.165) is 12.8 Å². The summed E-state index contributed by atoms with van der Waals surface area (Å²) in [5.74, 6) is 0.675. The standard InChI is InChI=1S/C17H18O2.C10H20O2/c1-3-13(2)14-9-11-16(12-10-14)19-17(18)15-7-5-4-6-8-15;1-7-10(5,6)8(11)12-9(2,3)4/h4-13H,3H2,1-2H3;7H2,1-6H3. The number of ether oxygens (including phenoxy) is 2. The van der Waals surface area contributed by atoms with E-state index in [-0.39, 0.29) is 23.0 Å². The summed E-state index contributed by atoms with van der Waals surface area (Å²) in [5, 5.41) is 0. The molecule has 31 heavy (non-hydrogen) atoms. The quantitative estimate of drug-likeness (QED) is 0.362. The summed E-state index contributed by atoms with van der Waals surface area (Å²) in [5.41, 5.74) is 1.10. The van der Waals surface area contributed by atoms with Crippen molar-refractivity contribution in [1.29, 1.82) is 0 Å². The average Bonchev–Trinajstić information content (AvgIpc) is 2.73. The fourth-order valence-corrected chi connectivity index (χ4v) is 2.40. The van der Waals surface area contributed by atoms with Gasteiger partial charge in [-0.1, -0.05) is 51.1 Å². The van der Waals surface area contributed by atoms with Crippen LogP contribution in [0.5, 0.6) is 5.75 Å². The maximum Gasteiger partial charge on any atom is 0.343 e. The Bertz CT molecular complexity index is 815. The third-order valence-corrected chi connectivity index (χ3v) is 5.12. The lowest BCUT2D eigenvalue weighted by Gasteiger charge is -2.27. The zero-order valence-electron chi connectivity index (χ0n) is 20.3. The fraction of sp³-hybridized carbons (Fsp3) is 0.481. The van der Waals surface area contributed by atoms with E-state index in [2.05, 4.69) is 13.8 Å². The summed E-state index contributed by atoms with van der Waals surface area (Å²) < 4.78 is 10.6. The third kappa shape index (κ3) is 9.37. The van der Waals surface area contributed by atoms with Gasteiger partial charge in [0.05, 0.1) is 11.0 Å². The molecule has 2 rings (SSSR count). The molecule has 0 saturated heterocycles. The number of rotatable bonds is 6. The van der Waals surface area contributed by atoms with E-state index in [1.807, 2.05) is 84.0 Å². The van der Waals surface area contributed by atoms with E-state index in [9.17, 15) is 9.59 Å². The summed E-state index contributed by atoms with van der Waals surface area (Å²) in [4.78, 5) is 23.4. The summed E-state index contributed by atoms with van der Waals surface area (Å²) >= 11 is 0. The smallest absolute Gasteiger partial charge is 0.343 e. The number of hydrogen-bond donors (Lipinski definition) is 0. The molecule has 0 N–H and O–H groups in total. The molecule has 0 aliphatic carbocycles. The molecule has 1 unspecified atom stereocenters. The van der Waals surface area contributed by atoms with Crippen molar-refractivity contribution in [3.63, 3.8) is 0 Å². The van der Waals surface area contributed by atoms with Gasteiger partial charge in [0.1, 0.15) is 11.4 Å². The predicted octanol–water partition coefficient (Wildman–Crippen LogP) is 7.18. The van der Waals surface area contributed by atoms with Gasteiger partial charge in [0.15, 0.2) is 0 Å². The highest BCUT2D eigenvalue weighted by molar-refractivity contribution is 5.90. The highest BCUT2D eigenvalue weighted by atomic mass is 16.6. The third-order valence-electron chi connectivity index (χ3n) is 5.12. The zero-order chi connectivity index (χ0) is 23.7. The zero-order valence-corrected chi connectivity index (χ0v) is 20.3. The normalized spacial score (nSPS) is 12.3. The van der Waals surface area contributed by atoms with Crippen LogP contribution in [0.1, 0.15) is 90.1 Å². The van der Waals surface area contributed by atoms with Crippen LogP contribution >= 0.6 is 0 Å². The Kier molecular flexibility index (Phi) is 9.96. The van der Waals surface area contributed by atoms with Gasteiger partial charge in [0.25, 0.3) is 0 Å². The van der Waals surface area contributed by atoms with Crippen molar-refractivity contribution in [2.45, 2.75) is 79.8 Å². The van der Waals surface area contributed by atoms with Crippen molar-refractivity contribution in [2.75, 3.05) is 0 Å². The van der Waals surface area contributed by atoms with Gasteiger partial charge in [0, 0.05) is 0 Å². The van der Waals surface area contributed by atoms with Gasteiger partial charge in [-0.15, -0.1) is 0 Å². The first-order chi connectivity index (χ1) is 14.4. The molecule has 0 spiro atoms. The van der Waals surface area contributed by atoms with Crippen LogP contribution in [-0.2, 0) is 9.53 Å². The molecule has 0 fully saturated rings. The Morgan fingerprint density at radius 3 is 1.87 bits per heavy atom. The first-order valence-corrected chi connectivity index (χ1v) is 11.0. The van der Waals surface area contributed by atoms with Crippen LogP contribution in [0.2, 0.25) is 0 Å². The lowest BCUT2D eigenvalue weighted by molar-refractivity contribution is -0.165. The monoisotopic (exact) mass is 426 g/mol. The minimum Gasteiger partial charge on any atom is -0.460 e. The van der Waals surface area contributed by atoms with Crippen LogP contribution in [0.3, 0.4) is 0 Å². The van der Waals surface area contributed by atoms with Crippen LogP contribution in [0.15, 0.2) is 54.6 Å². The lowest BCUT2D eigenvalue weighted by atomic mass is 9.90. The summed E-state index contributed by atoms with van der Waals surface area (Å²) in [6.07, 6.45) is 1.91. The molecular weight excluding hydrogens is 388 g/mol. The topological polar surface area (TPSA) is 52.6 Å². The van der Waals surface area contributed by atoms with Gasteiger partial charge in [-0.3, -0.25) is 4.79 Å². The Morgan fingerprint density at radius 2 is 1.42 bits per heavy atom. The summed E-state index contributed by atoms with van der Waals surface area (Å²) in [7, 11) is 0. The molecule has 2 aromatic rings. The molecule has 0 aliphatic heterocycles. The van der Waals surface area contributed by atoms with Crippen LogP contribution in [0.4, 0.5) is 0 Å². The molecule has 2 aromatic carbocycles. The van der Waals surface area contributed by atoms with E-state index >= 15 is 0 Å². The highest BCUT2D eigenvalue weighted by Gasteiger charge is 2.30. The van der Waals surface area contributed by atoms with E-state index in [1.165, 1.54) is 5.56 Å². The Labute approximate surface area is 188 Å². The van der Waals surface area contributed by atoms with Gasteiger partial charge >= 0.3 is 11.9 Å². The Morgan fingerprint density at radius 1 is 0.871 bits per heavy atom. The van der Waals surface area contributed by atoms with Gasteiger partial charge < -0.3 is 9.47 Å². The van der Waals surface area contributed by atoms with E-state index < -0.39 is 0 Å². The van der Waals surface area contributed by atoms with E-state index in [0.29, 0.717) is 17.2 Å². The van der Waals surface area contributed by atoms with Crippen molar-refractivity contribution in [3.05, 3.63) is 65.7 Å². The number of carbonyl (C=O) groups excluding carboxylic acids is 2. The van der Waals surface area contributed by atoms with Gasteiger partial charge in [-0.05, 0) is 83.2 Å². The fourth-order valence-electron chi connectivity index (χ4n) is 2.40. The van der Waals surface area contributed by atoms with Crippen LogP contribution in [0, 0.1) is 5.41 Å². The molecule has 170 valence electrons. The lowest BCUT2D eigenvalue weighted by Crippen LogP contribution is -2.33. The van der Waals surface area contributed by atoms with E-state index in [4.69, 9.17) is 9.47 Å². The minimum absolute atomic E-state index is 0.113. The Hall–Kier alpha value is -2.62. The molecule has 1 atom stereocenters. The molecule has 0 bridgehead atoms. The van der Waals surface area contributed by atoms with Crippen LogP contribution in [-0.4, -0.2) is 17.5 Å². The van der Waals surface area contributed by atoms with Crippen molar-refractivity contribution >= 4 is 11.9 Å². The number of benzene rings is 2. The minimum atomic E-state index is -0.372. The first-order valence-electron chi connectivity index (χ1n) is 11.0. The van der Waals surface area contributed by atoms with Gasteiger partial charge in [-0.25, -0.2) is 4.79 Å². The van der Waals surface area contributed by atoms with Crippen molar-refractivity contribution in [3.8, 4) is 5.75 Å². The molecule has 0 radical (unpaired) electrons. The molecule has 0 aromatic heterocycles. The van der Waals surface area contributed by atoms with Gasteiger partial charge in [0.2, 0.25) is 0 Å². The molecule has 0 heterocycles. The van der Waals surface area contributed by atoms with Crippen LogP contribution in [0.25, 0.3) is 0 Å². The second-order valence-electron chi connectivity index (χ2n) is 9.37. The second-order valence-corrected chi connectivity index (χ2v) is 9.37. The van der Waals surface area contributed by atoms with Crippen LogP contribution < -0.4 is 4.74 Å². The summed E-state index contributed by atoms with van der Waals surface area (Å²) in [6.45, 7) is 15.8. The molecule has 0 amide bonds. The molecular formula is C27H38O4. The van der Waals surface area contributed by atoms with Crippen molar-refractivity contribution in [1.82, 2.24) is 0 Å². The van der Waals surface area contributed by atoms with Crippen molar-refractivity contribution < 1.29 is 19.1 Å². The summed E-state index contributed by atoms with van der Waals surface area (Å²) in [6, 6.07) is 16.7. The molecule has 4 heteroatoms. The number of hydrogen-bond acceptors (Lipinski definition) is 4. The predicted molar refractivity (Wildman–Crippen MR) is 126 cm³/mol. The van der Waals surface area contributed by atoms with Gasteiger partial charge in [-0.2, -0.15) is 0 Å². The molecule has 4 nitrogen and oxygen atoms in total. The number of carbonyl (C=O) groups is 2. The van der Waals surface area contributed by atoms with E-state index in [1.54, 1.807) is 12.1 Å². The average molecular weight is 427 g/mol. The van der Waals surface area contributed by atoms with Crippen molar-refractivity contribution in [2.24, 2.45) is 5.41 Å². The first kappa shape index (κ1) is 26.4. The number of esters is 2. The molecule has 0 aliphatic rings. The maximum atomic E-state index is 11.9. The SMILES string of the molecule is CCC(C)(C)C(=O)OC(C)(C)C.CCC(C)c1ccc(OC(=O)c2ccccc2)cc1. The highest BCUT2D eigenvalue weighted by Crippen LogP contribution is 2.24. The molecule has 0 saturated carbocycles. The second kappa shape index (κ2) is 11.7. The Balaban J connectivity index is 0.000000348. The maximum absolute atomic E-state index is 11.9.